The average molecular weight is 185 g/mol. The fraction of sp³-hybridized carbons (Fsp3) is 0.667. The molecule has 0 bridgehead atoms. The van der Waals surface area contributed by atoms with E-state index in [0.717, 1.165) is 17.3 Å². The van der Waals surface area contributed by atoms with Gasteiger partial charge in [0, 0.05) is 23.8 Å². The van der Waals surface area contributed by atoms with Gasteiger partial charge in [-0.1, -0.05) is 20.8 Å². The number of hydrogen-bond acceptors (Lipinski definition) is 3. The zero-order valence-corrected chi connectivity index (χ0v) is 8.62. The maximum atomic E-state index is 11.5. The second-order valence-electron chi connectivity index (χ2n) is 3.90. The molecule has 1 N–H and O–H groups in total. The van der Waals surface area contributed by atoms with Crippen LogP contribution in [-0.2, 0) is 4.79 Å². The Balaban J connectivity index is 2.60. The van der Waals surface area contributed by atoms with Crippen LogP contribution in [0, 0.1) is 5.41 Å². The van der Waals surface area contributed by atoms with E-state index < -0.39 is 0 Å². The largest absolute Gasteiger partial charge is 0.379 e. The lowest BCUT2D eigenvalue weighted by Gasteiger charge is -2.13. The third kappa shape index (κ3) is 2.55. The van der Waals surface area contributed by atoms with Gasteiger partial charge in [-0.25, -0.2) is 0 Å². The molecule has 1 heterocycles. The molecule has 0 aromatic carbocycles. The van der Waals surface area contributed by atoms with Gasteiger partial charge in [0.15, 0.2) is 5.78 Å². The Kier molecular flexibility index (Phi) is 2.83. The third-order valence-corrected chi connectivity index (χ3v) is 2.64. The summed E-state index contributed by atoms with van der Waals surface area (Å²) in [6.07, 6.45) is 1.72. The van der Waals surface area contributed by atoms with Crippen molar-refractivity contribution < 1.29 is 4.79 Å². The van der Waals surface area contributed by atoms with Crippen LogP contribution in [0.1, 0.15) is 20.8 Å². The lowest BCUT2D eigenvalue weighted by molar-refractivity contribution is -0.121. The molecule has 0 atom stereocenters. The molecular weight excluding hydrogens is 170 g/mol. The maximum absolute atomic E-state index is 11.5. The van der Waals surface area contributed by atoms with E-state index in [-0.39, 0.29) is 11.2 Å². The number of rotatable bonds is 1. The van der Waals surface area contributed by atoms with Crippen molar-refractivity contribution in [3.63, 3.8) is 0 Å². The Morgan fingerprint density at radius 2 is 2.25 bits per heavy atom. The molecule has 0 aromatic rings. The van der Waals surface area contributed by atoms with Crippen molar-refractivity contribution in [3.05, 3.63) is 11.1 Å². The Morgan fingerprint density at radius 3 is 2.67 bits per heavy atom. The van der Waals surface area contributed by atoms with Gasteiger partial charge in [0.25, 0.3) is 0 Å². The Morgan fingerprint density at radius 1 is 1.58 bits per heavy atom. The molecule has 0 saturated carbocycles. The second kappa shape index (κ2) is 3.52. The molecule has 0 radical (unpaired) electrons. The van der Waals surface area contributed by atoms with Gasteiger partial charge >= 0.3 is 0 Å². The van der Waals surface area contributed by atoms with Crippen LogP contribution in [0.3, 0.4) is 0 Å². The van der Waals surface area contributed by atoms with E-state index in [4.69, 9.17) is 0 Å². The standard InChI is InChI=1S/C9H15NOS/c1-9(2,3)7(11)6-8-10-4-5-12-8/h6,10H,4-5H2,1-3H3/b8-6+. The molecule has 1 aliphatic heterocycles. The van der Waals surface area contributed by atoms with Crippen LogP contribution in [0.15, 0.2) is 11.1 Å². The van der Waals surface area contributed by atoms with Crippen LogP contribution in [0.5, 0.6) is 0 Å². The van der Waals surface area contributed by atoms with Crippen LogP contribution in [-0.4, -0.2) is 18.1 Å². The first-order valence-corrected chi connectivity index (χ1v) is 5.11. The smallest absolute Gasteiger partial charge is 0.163 e. The summed E-state index contributed by atoms with van der Waals surface area (Å²) in [6, 6.07) is 0. The monoisotopic (exact) mass is 185 g/mol. The van der Waals surface area contributed by atoms with Crippen molar-refractivity contribution in [1.29, 1.82) is 0 Å². The Labute approximate surface area is 77.8 Å². The molecule has 3 heteroatoms. The van der Waals surface area contributed by atoms with Crippen LogP contribution < -0.4 is 5.32 Å². The minimum absolute atomic E-state index is 0.194. The lowest BCUT2D eigenvalue weighted by Crippen LogP contribution is -2.19. The minimum atomic E-state index is -0.252. The lowest BCUT2D eigenvalue weighted by atomic mass is 9.91. The predicted molar refractivity (Wildman–Crippen MR) is 53.0 cm³/mol. The molecule has 12 heavy (non-hydrogen) atoms. The van der Waals surface area contributed by atoms with Gasteiger partial charge in [0.2, 0.25) is 0 Å². The molecule has 0 unspecified atom stereocenters. The van der Waals surface area contributed by atoms with E-state index in [0.29, 0.717) is 0 Å². The van der Waals surface area contributed by atoms with E-state index in [9.17, 15) is 4.79 Å². The molecule has 68 valence electrons. The number of hydrogen-bond donors (Lipinski definition) is 1. The molecule has 1 aliphatic rings. The highest BCUT2D eigenvalue weighted by Gasteiger charge is 2.20. The first kappa shape index (κ1) is 9.65. The minimum Gasteiger partial charge on any atom is -0.379 e. The number of thioether (sulfide) groups is 1. The zero-order chi connectivity index (χ0) is 9.19. The highest BCUT2D eigenvalue weighted by Crippen LogP contribution is 2.21. The van der Waals surface area contributed by atoms with Gasteiger partial charge in [-0.3, -0.25) is 4.79 Å². The molecule has 0 amide bonds. The molecular formula is C9H15NOS. The summed E-state index contributed by atoms with van der Waals surface area (Å²) in [4.78, 5) is 11.5. The van der Waals surface area contributed by atoms with Crippen molar-refractivity contribution in [2.45, 2.75) is 20.8 Å². The Hall–Kier alpha value is -0.440. The fourth-order valence-corrected chi connectivity index (χ4v) is 1.63. The van der Waals surface area contributed by atoms with E-state index in [2.05, 4.69) is 5.32 Å². The number of nitrogens with one attached hydrogen (secondary N) is 1. The fourth-order valence-electron chi connectivity index (χ4n) is 0.815. The number of carbonyl (C=O) groups is 1. The van der Waals surface area contributed by atoms with Crippen molar-refractivity contribution >= 4 is 17.5 Å². The molecule has 1 fully saturated rings. The van der Waals surface area contributed by atoms with E-state index in [1.54, 1.807) is 17.8 Å². The van der Waals surface area contributed by atoms with E-state index >= 15 is 0 Å². The van der Waals surface area contributed by atoms with Crippen molar-refractivity contribution in [2.24, 2.45) is 5.41 Å². The second-order valence-corrected chi connectivity index (χ2v) is 5.03. The highest BCUT2D eigenvalue weighted by atomic mass is 32.2. The summed E-state index contributed by atoms with van der Waals surface area (Å²) in [5.41, 5.74) is -0.252. The van der Waals surface area contributed by atoms with Gasteiger partial charge in [0.05, 0.1) is 5.03 Å². The van der Waals surface area contributed by atoms with Gasteiger partial charge in [-0.2, -0.15) is 0 Å². The molecule has 0 aliphatic carbocycles. The first-order chi connectivity index (χ1) is 5.50. The van der Waals surface area contributed by atoms with Crippen LogP contribution >= 0.6 is 11.8 Å². The highest BCUT2D eigenvalue weighted by molar-refractivity contribution is 8.03. The van der Waals surface area contributed by atoms with Gasteiger partial charge in [0.1, 0.15) is 0 Å². The van der Waals surface area contributed by atoms with Gasteiger partial charge in [-0.15, -0.1) is 11.8 Å². The summed E-state index contributed by atoms with van der Waals surface area (Å²) in [6.45, 7) is 6.79. The third-order valence-electron chi connectivity index (χ3n) is 1.66. The van der Waals surface area contributed by atoms with E-state index in [1.165, 1.54) is 0 Å². The first-order valence-electron chi connectivity index (χ1n) is 4.13. The van der Waals surface area contributed by atoms with Gasteiger partial charge in [-0.05, 0) is 0 Å². The van der Waals surface area contributed by atoms with Gasteiger partial charge < -0.3 is 5.32 Å². The Bertz CT molecular complexity index is 207. The molecule has 1 rings (SSSR count). The molecule has 1 saturated heterocycles. The average Bonchev–Trinajstić information content (AvgIpc) is 2.37. The summed E-state index contributed by atoms with van der Waals surface area (Å²) in [7, 11) is 0. The van der Waals surface area contributed by atoms with E-state index in [1.807, 2.05) is 20.8 Å². The zero-order valence-electron chi connectivity index (χ0n) is 7.81. The number of ketones is 1. The van der Waals surface area contributed by atoms with Crippen LogP contribution in [0.4, 0.5) is 0 Å². The summed E-state index contributed by atoms with van der Waals surface area (Å²) >= 11 is 1.72. The molecule has 0 aromatic heterocycles. The predicted octanol–water partition coefficient (Wildman–Crippen LogP) is 1.78. The number of carbonyl (C=O) groups excluding carboxylic acids is 1. The van der Waals surface area contributed by atoms with Crippen LogP contribution in [0.25, 0.3) is 0 Å². The maximum Gasteiger partial charge on any atom is 0.163 e. The quantitative estimate of drug-likeness (QED) is 0.631. The molecule has 0 spiro atoms. The summed E-state index contributed by atoms with van der Waals surface area (Å²) in [5, 5.41) is 4.19. The van der Waals surface area contributed by atoms with Crippen LogP contribution in [0.2, 0.25) is 0 Å². The number of allylic oxidation sites excluding steroid dienone is 1. The summed E-state index contributed by atoms with van der Waals surface area (Å²) < 4.78 is 0. The summed E-state index contributed by atoms with van der Waals surface area (Å²) in [5.74, 6) is 1.27. The van der Waals surface area contributed by atoms with Crippen molar-refractivity contribution in [1.82, 2.24) is 5.32 Å². The topological polar surface area (TPSA) is 29.1 Å². The SMILES string of the molecule is CC(C)(C)C(=O)/C=C1\NCCS1. The van der Waals surface area contributed by atoms with Crippen molar-refractivity contribution in [2.75, 3.05) is 12.3 Å². The van der Waals surface area contributed by atoms with Crippen molar-refractivity contribution in [3.8, 4) is 0 Å². The molecule has 2 nitrogen and oxygen atoms in total. The normalized spacial score (nSPS) is 21.1.